The molecule has 2 nitrogen and oxygen atoms in total. The summed E-state index contributed by atoms with van der Waals surface area (Å²) in [5, 5.41) is 0. The maximum atomic E-state index is 11.4. The van der Waals surface area contributed by atoms with Gasteiger partial charge >= 0.3 is 0 Å². The summed E-state index contributed by atoms with van der Waals surface area (Å²) < 4.78 is 0. The molecule has 1 aliphatic rings. The third-order valence-corrected chi connectivity index (χ3v) is 2.28. The molecular formula is C10H17NO. The molecule has 1 rings (SSSR count). The van der Waals surface area contributed by atoms with Gasteiger partial charge in [0, 0.05) is 13.1 Å². The van der Waals surface area contributed by atoms with Gasteiger partial charge in [-0.3, -0.25) is 4.79 Å². The van der Waals surface area contributed by atoms with E-state index in [4.69, 9.17) is 0 Å². The van der Waals surface area contributed by atoms with E-state index in [1.165, 1.54) is 6.42 Å². The number of piperidine rings is 1. The highest BCUT2D eigenvalue weighted by Crippen LogP contribution is 2.15. The quantitative estimate of drug-likeness (QED) is 0.545. The lowest BCUT2D eigenvalue weighted by molar-refractivity contribution is -0.127. The van der Waals surface area contributed by atoms with Gasteiger partial charge in [-0.15, -0.1) is 0 Å². The first-order valence-electron chi connectivity index (χ1n) is 4.65. The van der Waals surface area contributed by atoms with E-state index in [9.17, 15) is 4.79 Å². The van der Waals surface area contributed by atoms with Gasteiger partial charge in [0.15, 0.2) is 0 Å². The zero-order valence-electron chi connectivity index (χ0n) is 7.92. The summed E-state index contributed by atoms with van der Waals surface area (Å²) in [6.45, 7) is 5.96. The van der Waals surface area contributed by atoms with Crippen LogP contribution in [0.4, 0.5) is 0 Å². The van der Waals surface area contributed by atoms with E-state index in [0.717, 1.165) is 19.5 Å². The van der Waals surface area contributed by atoms with Crippen LogP contribution in [0.2, 0.25) is 0 Å². The van der Waals surface area contributed by atoms with Gasteiger partial charge in [-0.25, -0.2) is 0 Å². The number of amides is 1. The predicted molar refractivity (Wildman–Crippen MR) is 49.8 cm³/mol. The van der Waals surface area contributed by atoms with E-state index < -0.39 is 0 Å². The zero-order valence-corrected chi connectivity index (χ0v) is 7.92. The average molecular weight is 167 g/mol. The molecular weight excluding hydrogens is 150 g/mol. The summed E-state index contributed by atoms with van der Waals surface area (Å²) in [5.41, 5.74) is 0. The lowest BCUT2D eigenvalue weighted by Gasteiger charge is -2.29. The van der Waals surface area contributed by atoms with Gasteiger partial charge in [0.2, 0.25) is 5.91 Å². The van der Waals surface area contributed by atoms with Crippen LogP contribution in [0, 0.1) is 5.92 Å². The van der Waals surface area contributed by atoms with E-state index in [1.807, 2.05) is 17.9 Å². The predicted octanol–water partition coefficient (Wildman–Crippen LogP) is 1.82. The van der Waals surface area contributed by atoms with Crippen molar-refractivity contribution in [1.29, 1.82) is 0 Å². The molecule has 1 heterocycles. The van der Waals surface area contributed by atoms with Gasteiger partial charge < -0.3 is 4.90 Å². The molecule has 0 spiro atoms. The largest absolute Gasteiger partial charge is 0.339 e. The number of hydrogen-bond acceptors (Lipinski definition) is 1. The monoisotopic (exact) mass is 167 g/mol. The summed E-state index contributed by atoms with van der Waals surface area (Å²) >= 11 is 0. The summed E-state index contributed by atoms with van der Waals surface area (Å²) in [6, 6.07) is 0. The summed E-state index contributed by atoms with van der Waals surface area (Å²) in [4.78, 5) is 13.3. The van der Waals surface area contributed by atoms with Crippen LogP contribution < -0.4 is 0 Å². The van der Waals surface area contributed by atoms with Crippen molar-refractivity contribution in [3.05, 3.63) is 12.2 Å². The first-order chi connectivity index (χ1) is 5.74. The van der Waals surface area contributed by atoms with Gasteiger partial charge in [0.05, 0.1) is 0 Å². The van der Waals surface area contributed by atoms with Crippen molar-refractivity contribution in [2.45, 2.75) is 26.7 Å². The minimum Gasteiger partial charge on any atom is -0.339 e. The number of likely N-dealkylation sites (tertiary alicyclic amines) is 1. The molecule has 0 radical (unpaired) electrons. The number of nitrogens with zero attached hydrogens (tertiary/aromatic N) is 1. The standard InChI is InChI=1S/C10H17NO/c1-3-5-10(12)11-7-4-6-9(2)8-11/h3,5,9H,4,6-8H2,1-2H3/b5-3+. The molecule has 12 heavy (non-hydrogen) atoms. The maximum Gasteiger partial charge on any atom is 0.246 e. The first-order valence-corrected chi connectivity index (χ1v) is 4.65. The highest BCUT2D eigenvalue weighted by molar-refractivity contribution is 5.87. The Labute approximate surface area is 74.2 Å². The Morgan fingerprint density at radius 1 is 1.58 bits per heavy atom. The Kier molecular flexibility index (Phi) is 3.32. The normalized spacial score (nSPS) is 24.8. The zero-order chi connectivity index (χ0) is 8.97. The lowest BCUT2D eigenvalue weighted by atomic mass is 10.0. The number of carbonyl (C=O) groups is 1. The molecule has 1 aliphatic heterocycles. The minimum absolute atomic E-state index is 0.170. The number of rotatable bonds is 1. The van der Waals surface area contributed by atoms with Crippen LogP contribution >= 0.6 is 0 Å². The second-order valence-electron chi connectivity index (χ2n) is 3.53. The molecule has 0 saturated carbocycles. The Morgan fingerprint density at radius 2 is 2.33 bits per heavy atom. The van der Waals surface area contributed by atoms with E-state index >= 15 is 0 Å². The minimum atomic E-state index is 0.170. The van der Waals surface area contributed by atoms with Crippen LogP contribution in [-0.4, -0.2) is 23.9 Å². The van der Waals surface area contributed by atoms with Crippen molar-refractivity contribution in [2.24, 2.45) is 5.92 Å². The van der Waals surface area contributed by atoms with Gasteiger partial charge in [0.1, 0.15) is 0 Å². The molecule has 1 amide bonds. The second kappa shape index (κ2) is 4.29. The van der Waals surface area contributed by atoms with Crippen molar-refractivity contribution in [3.8, 4) is 0 Å². The number of hydrogen-bond donors (Lipinski definition) is 0. The van der Waals surface area contributed by atoms with Gasteiger partial charge in [0.25, 0.3) is 0 Å². The SMILES string of the molecule is C/C=C/C(=O)N1CCCC(C)C1. The molecule has 0 N–H and O–H groups in total. The number of carbonyl (C=O) groups excluding carboxylic acids is 1. The van der Waals surface area contributed by atoms with Crippen molar-refractivity contribution >= 4 is 5.91 Å². The van der Waals surface area contributed by atoms with E-state index in [2.05, 4.69) is 6.92 Å². The molecule has 1 fully saturated rings. The van der Waals surface area contributed by atoms with Crippen LogP contribution in [0.15, 0.2) is 12.2 Å². The van der Waals surface area contributed by atoms with Crippen LogP contribution in [0.5, 0.6) is 0 Å². The van der Waals surface area contributed by atoms with Gasteiger partial charge in [-0.05, 0) is 31.8 Å². The van der Waals surface area contributed by atoms with Crippen LogP contribution in [0.3, 0.4) is 0 Å². The smallest absolute Gasteiger partial charge is 0.246 e. The fourth-order valence-corrected chi connectivity index (χ4v) is 1.64. The molecule has 2 heteroatoms. The maximum absolute atomic E-state index is 11.4. The highest BCUT2D eigenvalue weighted by atomic mass is 16.2. The molecule has 68 valence electrons. The molecule has 0 bridgehead atoms. The van der Waals surface area contributed by atoms with Crippen molar-refractivity contribution in [2.75, 3.05) is 13.1 Å². The lowest BCUT2D eigenvalue weighted by Crippen LogP contribution is -2.38. The van der Waals surface area contributed by atoms with Crippen molar-refractivity contribution < 1.29 is 4.79 Å². The molecule has 0 aromatic carbocycles. The second-order valence-corrected chi connectivity index (χ2v) is 3.53. The van der Waals surface area contributed by atoms with E-state index in [0.29, 0.717) is 5.92 Å². The van der Waals surface area contributed by atoms with Crippen LogP contribution in [-0.2, 0) is 4.79 Å². The van der Waals surface area contributed by atoms with Crippen molar-refractivity contribution in [1.82, 2.24) is 4.90 Å². The molecule has 0 aromatic rings. The van der Waals surface area contributed by atoms with Crippen molar-refractivity contribution in [3.63, 3.8) is 0 Å². The van der Waals surface area contributed by atoms with E-state index in [-0.39, 0.29) is 5.91 Å². The Hall–Kier alpha value is -0.790. The molecule has 1 unspecified atom stereocenters. The average Bonchev–Trinajstić information content (AvgIpc) is 2.05. The summed E-state index contributed by atoms with van der Waals surface area (Å²) in [5.74, 6) is 0.844. The van der Waals surface area contributed by atoms with E-state index in [1.54, 1.807) is 6.08 Å². The summed E-state index contributed by atoms with van der Waals surface area (Å²) in [6.07, 6.45) is 5.88. The third-order valence-electron chi connectivity index (χ3n) is 2.28. The molecule has 1 atom stereocenters. The van der Waals surface area contributed by atoms with Gasteiger partial charge in [-0.2, -0.15) is 0 Å². The Balaban J connectivity index is 2.45. The summed E-state index contributed by atoms with van der Waals surface area (Å²) in [7, 11) is 0. The Bertz CT molecular complexity index is 186. The topological polar surface area (TPSA) is 20.3 Å². The molecule has 1 saturated heterocycles. The fraction of sp³-hybridized carbons (Fsp3) is 0.700. The van der Waals surface area contributed by atoms with Crippen LogP contribution in [0.25, 0.3) is 0 Å². The fourth-order valence-electron chi connectivity index (χ4n) is 1.64. The molecule has 0 aliphatic carbocycles. The van der Waals surface area contributed by atoms with Crippen LogP contribution in [0.1, 0.15) is 26.7 Å². The number of allylic oxidation sites excluding steroid dienone is 1. The molecule has 0 aromatic heterocycles. The highest BCUT2D eigenvalue weighted by Gasteiger charge is 2.18. The third kappa shape index (κ3) is 2.36. The Morgan fingerprint density at radius 3 is 2.92 bits per heavy atom. The first kappa shape index (κ1) is 9.30. The van der Waals surface area contributed by atoms with Gasteiger partial charge in [-0.1, -0.05) is 13.0 Å².